The van der Waals surface area contributed by atoms with Gasteiger partial charge in [-0.25, -0.2) is 9.18 Å². The van der Waals surface area contributed by atoms with Crippen LogP contribution in [0.25, 0.3) is 0 Å². The van der Waals surface area contributed by atoms with Crippen molar-refractivity contribution in [2.75, 3.05) is 18.5 Å². The molecule has 0 saturated heterocycles. The first kappa shape index (κ1) is 16.8. The van der Waals surface area contributed by atoms with Crippen LogP contribution < -0.4 is 10.6 Å². The molecular weight excluding hydrogens is 292 g/mol. The van der Waals surface area contributed by atoms with Crippen LogP contribution in [0.15, 0.2) is 18.2 Å². The normalized spacial score (nSPS) is 10.5. The fourth-order valence-corrected chi connectivity index (χ4v) is 1.26. The Morgan fingerprint density at radius 2 is 2.05 bits per heavy atom. The lowest BCUT2D eigenvalue weighted by molar-refractivity contribution is -0.122. The molecule has 0 aliphatic carbocycles. The molecule has 0 spiro atoms. The molecule has 2 amide bonds. The number of benzene rings is 1. The molecular formula is C13H12F4N2O2. The molecule has 1 rings (SSSR count). The van der Waals surface area contributed by atoms with Crippen LogP contribution in [-0.2, 0) is 0 Å². The summed E-state index contributed by atoms with van der Waals surface area (Å²) in [5.41, 5.74) is 0.0598. The van der Waals surface area contributed by atoms with Crippen molar-refractivity contribution in [1.29, 1.82) is 0 Å². The molecule has 3 N–H and O–H groups in total. The van der Waals surface area contributed by atoms with Gasteiger partial charge in [0.2, 0.25) is 0 Å². The van der Waals surface area contributed by atoms with E-state index in [9.17, 15) is 22.4 Å². The van der Waals surface area contributed by atoms with Crippen molar-refractivity contribution in [1.82, 2.24) is 5.32 Å². The van der Waals surface area contributed by atoms with E-state index in [4.69, 9.17) is 5.11 Å². The van der Waals surface area contributed by atoms with Gasteiger partial charge in [-0.15, -0.1) is 0 Å². The molecule has 4 nitrogen and oxygen atoms in total. The summed E-state index contributed by atoms with van der Waals surface area (Å²) in [6.45, 7) is -1.63. The number of urea groups is 1. The number of anilines is 1. The second-order valence-corrected chi connectivity index (χ2v) is 3.89. The second kappa shape index (κ2) is 7.50. The highest BCUT2D eigenvalue weighted by Crippen LogP contribution is 2.15. The Balaban J connectivity index is 2.64. The third-order valence-corrected chi connectivity index (χ3v) is 2.14. The van der Waals surface area contributed by atoms with E-state index in [1.165, 1.54) is 12.1 Å². The Hall–Kier alpha value is -2.27. The van der Waals surface area contributed by atoms with Gasteiger partial charge in [0.25, 0.3) is 0 Å². The van der Waals surface area contributed by atoms with Gasteiger partial charge in [-0.2, -0.15) is 13.2 Å². The molecule has 0 fully saturated rings. The minimum atomic E-state index is -4.52. The lowest BCUT2D eigenvalue weighted by Gasteiger charge is -2.10. The van der Waals surface area contributed by atoms with E-state index in [-0.39, 0.29) is 24.3 Å². The molecule has 0 heterocycles. The second-order valence-electron chi connectivity index (χ2n) is 3.89. The van der Waals surface area contributed by atoms with Crippen LogP contribution in [0.5, 0.6) is 0 Å². The number of halogens is 4. The molecule has 0 radical (unpaired) electrons. The third-order valence-electron chi connectivity index (χ3n) is 2.14. The summed E-state index contributed by atoms with van der Waals surface area (Å²) in [4.78, 5) is 11.2. The topological polar surface area (TPSA) is 61.4 Å². The maximum atomic E-state index is 13.6. The third kappa shape index (κ3) is 6.63. The van der Waals surface area contributed by atoms with Crippen LogP contribution in [-0.4, -0.2) is 30.5 Å². The summed E-state index contributed by atoms with van der Waals surface area (Å²) in [5.74, 6) is 4.27. The Morgan fingerprint density at radius 3 is 2.62 bits per heavy atom. The van der Waals surface area contributed by atoms with Crippen molar-refractivity contribution >= 4 is 11.7 Å². The molecule has 0 aliphatic rings. The lowest BCUT2D eigenvalue weighted by Crippen LogP contribution is -2.36. The Bertz CT molecular complexity index is 562. The van der Waals surface area contributed by atoms with Crippen LogP contribution in [0, 0.1) is 17.7 Å². The number of carbonyl (C=O) groups excluding carboxylic acids is 1. The van der Waals surface area contributed by atoms with Crippen LogP contribution in [0.1, 0.15) is 12.0 Å². The molecule has 0 bridgehead atoms. The molecule has 21 heavy (non-hydrogen) atoms. The number of hydrogen-bond donors (Lipinski definition) is 3. The fraction of sp³-hybridized carbons (Fsp3) is 0.308. The van der Waals surface area contributed by atoms with Crippen LogP contribution >= 0.6 is 0 Å². The minimum Gasteiger partial charge on any atom is -0.395 e. The van der Waals surface area contributed by atoms with Gasteiger partial charge in [-0.3, -0.25) is 0 Å². The quantitative estimate of drug-likeness (QED) is 0.592. The maximum Gasteiger partial charge on any atom is 0.405 e. The van der Waals surface area contributed by atoms with E-state index < -0.39 is 24.6 Å². The number of nitrogens with one attached hydrogen (secondary N) is 2. The standard InChI is InChI=1S/C13H12F4N2O2/c14-11-7-10(5-4-9(11)3-1-2-6-20)19-12(21)18-8-13(15,16)17/h4-5,7,20H,2,6,8H2,(H2,18,19,21). The van der Waals surface area contributed by atoms with Crippen molar-refractivity contribution in [2.45, 2.75) is 12.6 Å². The summed E-state index contributed by atoms with van der Waals surface area (Å²) in [5, 5.41) is 12.2. The largest absolute Gasteiger partial charge is 0.405 e. The van der Waals surface area contributed by atoms with Gasteiger partial charge in [0, 0.05) is 12.1 Å². The average Bonchev–Trinajstić information content (AvgIpc) is 2.38. The highest BCUT2D eigenvalue weighted by atomic mass is 19.4. The van der Waals surface area contributed by atoms with Crippen LogP contribution in [0.4, 0.5) is 28.0 Å². The number of alkyl halides is 3. The average molecular weight is 304 g/mol. The monoisotopic (exact) mass is 304 g/mol. The molecule has 0 saturated carbocycles. The number of rotatable bonds is 3. The van der Waals surface area contributed by atoms with Gasteiger partial charge < -0.3 is 15.7 Å². The number of aliphatic hydroxyl groups is 1. The zero-order valence-corrected chi connectivity index (χ0v) is 10.7. The Morgan fingerprint density at radius 1 is 1.33 bits per heavy atom. The van der Waals surface area contributed by atoms with E-state index in [0.717, 1.165) is 6.07 Å². The molecule has 1 aromatic rings. The molecule has 0 atom stereocenters. The SMILES string of the molecule is O=C(NCC(F)(F)F)Nc1ccc(C#CCCO)c(F)c1. The number of hydrogen-bond acceptors (Lipinski definition) is 2. The number of aliphatic hydroxyl groups excluding tert-OH is 1. The van der Waals surface area contributed by atoms with E-state index in [2.05, 4.69) is 17.2 Å². The summed E-state index contributed by atoms with van der Waals surface area (Å²) in [6, 6.07) is 2.43. The fourth-order valence-electron chi connectivity index (χ4n) is 1.26. The van der Waals surface area contributed by atoms with Crippen molar-refractivity contribution < 1.29 is 27.5 Å². The van der Waals surface area contributed by atoms with E-state index >= 15 is 0 Å². The summed E-state index contributed by atoms with van der Waals surface area (Å²) < 4.78 is 49.2. The zero-order chi connectivity index (χ0) is 15.9. The van der Waals surface area contributed by atoms with Gasteiger partial charge in [0.05, 0.1) is 12.2 Å². The maximum absolute atomic E-state index is 13.6. The number of carbonyl (C=O) groups is 1. The Kier molecular flexibility index (Phi) is 5.99. The van der Waals surface area contributed by atoms with Gasteiger partial charge >= 0.3 is 12.2 Å². The lowest BCUT2D eigenvalue weighted by atomic mass is 10.2. The first-order chi connectivity index (χ1) is 9.81. The van der Waals surface area contributed by atoms with Crippen LogP contribution in [0.3, 0.4) is 0 Å². The first-order valence-corrected chi connectivity index (χ1v) is 5.82. The van der Waals surface area contributed by atoms with Crippen molar-refractivity contribution in [3.8, 4) is 11.8 Å². The predicted molar refractivity (Wildman–Crippen MR) is 68.1 cm³/mol. The van der Waals surface area contributed by atoms with Crippen molar-refractivity contribution in [3.63, 3.8) is 0 Å². The van der Waals surface area contributed by atoms with Gasteiger partial charge in [0.1, 0.15) is 12.4 Å². The molecule has 8 heteroatoms. The predicted octanol–water partition coefficient (Wildman–Crippen LogP) is 2.24. The summed E-state index contributed by atoms with van der Waals surface area (Å²) >= 11 is 0. The molecule has 114 valence electrons. The first-order valence-electron chi connectivity index (χ1n) is 5.82. The number of amides is 2. The van der Waals surface area contributed by atoms with Gasteiger partial charge in [-0.1, -0.05) is 11.8 Å². The van der Waals surface area contributed by atoms with Crippen molar-refractivity contribution in [2.24, 2.45) is 0 Å². The molecule has 0 aliphatic heterocycles. The summed E-state index contributed by atoms with van der Waals surface area (Å²) in [7, 11) is 0. The molecule has 0 aromatic heterocycles. The van der Waals surface area contributed by atoms with E-state index in [1.54, 1.807) is 5.32 Å². The minimum absolute atomic E-state index is 0.000109. The zero-order valence-electron chi connectivity index (χ0n) is 10.7. The highest BCUT2D eigenvalue weighted by molar-refractivity contribution is 5.89. The van der Waals surface area contributed by atoms with Gasteiger partial charge in [-0.05, 0) is 18.2 Å². The Labute approximate surface area is 118 Å². The van der Waals surface area contributed by atoms with E-state index in [0.29, 0.717) is 0 Å². The van der Waals surface area contributed by atoms with Gasteiger partial charge in [0.15, 0.2) is 0 Å². The summed E-state index contributed by atoms with van der Waals surface area (Å²) in [6.07, 6.45) is -4.33. The molecule has 1 aromatic carbocycles. The van der Waals surface area contributed by atoms with Crippen LogP contribution in [0.2, 0.25) is 0 Å². The van der Waals surface area contributed by atoms with E-state index in [1.807, 2.05) is 0 Å². The highest BCUT2D eigenvalue weighted by Gasteiger charge is 2.27. The smallest absolute Gasteiger partial charge is 0.395 e. The van der Waals surface area contributed by atoms with Crippen molar-refractivity contribution in [3.05, 3.63) is 29.6 Å². The molecule has 0 unspecified atom stereocenters.